The van der Waals surface area contributed by atoms with Gasteiger partial charge in [0.2, 0.25) is 0 Å². The highest BCUT2D eigenvalue weighted by Crippen LogP contribution is 2.30. The van der Waals surface area contributed by atoms with Gasteiger partial charge < -0.3 is 15.3 Å². The van der Waals surface area contributed by atoms with Crippen molar-refractivity contribution in [1.29, 1.82) is 0 Å². The fourth-order valence-corrected chi connectivity index (χ4v) is 2.69. The molecule has 2 atom stereocenters. The zero-order chi connectivity index (χ0) is 11.3. The van der Waals surface area contributed by atoms with Gasteiger partial charge in [0.05, 0.1) is 6.61 Å². The molecule has 1 saturated carbocycles. The second-order valence-corrected chi connectivity index (χ2v) is 4.92. The van der Waals surface area contributed by atoms with Crippen molar-refractivity contribution < 1.29 is 5.11 Å². The van der Waals surface area contributed by atoms with Crippen molar-refractivity contribution in [3.8, 4) is 0 Å². The minimum absolute atomic E-state index is 0.0229. The van der Waals surface area contributed by atoms with Crippen molar-refractivity contribution in [2.45, 2.75) is 50.6 Å². The number of nitrogens with one attached hydrogen (secondary N) is 1. The minimum atomic E-state index is -0.0229. The summed E-state index contributed by atoms with van der Waals surface area (Å²) in [4.78, 5) is 2.45. The molecule has 2 unspecified atom stereocenters. The summed E-state index contributed by atoms with van der Waals surface area (Å²) in [6, 6.07) is 0.637. The van der Waals surface area contributed by atoms with E-state index in [2.05, 4.69) is 24.2 Å². The highest BCUT2D eigenvalue weighted by molar-refractivity contribution is 4.95. The third kappa shape index (κ3) is 3.16. The molecule has 15 heavy (non-hydrogen) atoms. The van der Waals surface area contributed by atoms with Crippen LogP contribution in [-0.4, -0.2) is 48.8 Å². The quantitative estimate of drug-likeness (QED) is 0.722. The van der Waals surface area contributed by atoms with E-state index in [9.17, 15) is 5.11 Å². The first kappa shape index (κ1) is 12.9. The van der Waals surface area contributed by atoms with E-state index in [0.717, 1.165) is 19.4 Å². The average molecular weight is 214 g/mol. The van der Waals surface area contributed by atoms with Crippen LogP contribution in [0.4, 0.5) is 0 Å². The Hall–Kier alpha value is -0.120. The maximum atomic E-state index is 9.49. The number of aliphatic hydroxyl groups is 1. The maximum absolute atomic E-state index is 9.49. The van der Waals surface area contributed by atoms with Gasteiger partial charge in [-0.1, -0.05) is 6.92 Å². The van der Waals surface area contributed by atoms with E-state index in [1.54, 1.807) is 0 Å². The molecule has 0 aliphatic heterocycles. The van der Waals surface area contributed by atoms with Crippen molar-refractivity contribution in [3.05, 3.63) is 0 Å². The van der Waals surface area contributed by atoms with Crippen LogP contribution in [0.3, 0.4) is 0 Å². The van der Waals surface area contributed by atoms with Crippen molar-refractivity contribution >= 4 is 0 Å². The molecule has 2 N–H and O–H groups in total. The van der Waals surface area contributed by atoms with Crippen molar-refractivity contribution in [1.82, 2.24) is 10.2 Å². The molecule has 0 heterocycles. The highest BCUT2D eigenvalue weighted by Gasteiger charge is 2.35. The molecule has 1 fully saturated rings. The zero-order valence-electron chi connectivity index (χ0n) is 10.4. The van der Waals surface area contributed by atoms with Crippen LogP contribution in [0, 0.1) is 0 Å². The summed E-state index contributed by atoms with van der Waals surface area (Å²) in [6.45, 7) is 3.65. The van der Waals surface area contributed by atoms with Gasteiger partial charge in [-0.15, -0.1) is 0 Å². The standard InChI is InChI=1S/C12H26N2O/c1-4-8-14(3)11-6-5-7-12(9-11,10-15)13-2/h11,13,15H,4-10H2,1-3H3. The van der Waals surface area contributed by atoms with Gasteiger partial charge in [-0.05, 0) is 52.7 Å². The predicted octanol–water partition coefficient (Wildman–Crippen LogP) is 1.22. The van der Waals surface area contributed by atoms with Crippen molar-refractivity contribution in [3.63, 3.8) is 0 Å². The minimum Gasteiger partial charge on any atom is -0.394 e. The fourth-order valence-electron chi connectivity index (χ4n) is 2.69. The molecule has 0 aromatic heterocycles. The molecule has 1 rings (SSSR count). The monoisotopic (exact) mass is 214 g/mol. The Labute approximate surface area is 93.9 Å². The number of aliphatic hydroxyl groups excluding tert-OH is 1. The number of hydrogen-bond donors (Lipinski definition) is 2. The second-order valence-electron chi connectivity index (χ2n) is 4.92. The first-order chi connectivity index (χ1) is 7.17. The first-order valence-electron chi connectivity index (χ1n) is 6.17. The third-order valence-corrected chi connectivity index (χ3v) is 3.85. The Morgan fingerprint density at radius 3 is 2.80 bits per heavy atom. The smallest absolute Gasteiger partial charge is 0.0613 e. The molecule has 1 aliphatic carbocycles. The van der Waals surface area contributed by atoms with Gasteiger partial charge in [0, 0.05) is 11.6 Å². The molecule has 0 amide bonds. The molecule has 3 nitrogen and oxygen atoms in total. The predicted molar refractivity (Wildman–Crippen MR) is 64.1 cm³/mol. The lowest BCUT2D eigenvalue weighted by molar-refractivity contribution is 0.0748. The summed E-state index contributed by atoms with van der Waals surface area (Å²) < 4.78 is 0. The number of nitrogens with zero attached hydrogens (tertiary/aromatic N) is 1. The zero-order valence-corrected chi connectivity index (χ0v) is 10.4. The largest absolute Gasteiger partial charge is 0.394 e. The molecule has 0 spiro atoms. The van der Waals surface area contributed by atoms with Gasteiger partial charge >= 0.3 is 0 Å². The van der Waals surface area contributed by atoms with Crippen LogP contribution in [0.5, 0.6) is 0 Å². The first-order valence-corrected chi connectivity index (χ1v) is 6.17. The van der Waals surface area contributed by atoms with Crippen molar-refractivity contribution in [2.75, 3.05) is 27.2 Å². The van der Waals surface area contributed by atoms with E-state index in [0.29, 0.717) is 6.04 Å². The van der Waals surface area contributed by atoms with Crippen LogP contribution in [0.2, 0.25) is 0 Å². The summed E-state index contributed by atoms with van der Waals surface area (Å²) in [5.41, 5.74) is -0.0229. The van der Waals surface area contributed by atoms with Crippen LogP contribution < -0.4 is 5.32 Å². The normalized spacial score (nSPS) is 32.2. The molecule has 0 aromatic carbocycles. The van der Waals surface area contributed by atoms with E-state index in [-0.39, 0.29) is 12.1 Å². The Balaban J connectivity index is 2.54. The van der Waals surface area contributed by atoms with Crippen LogP contribution in [0.15, 0.2) is 0 Å². The van der Waals surface area contributed by atoms with Crippen LogP contribution in [-0.2, 0) is 0 Å². The number of hydrogen-bond acceptors (Lipinski definition) is 3. The van der Waals surface area contributed by atoms with E-state index in [1.807, 2.05) is 7.05 Å². The Kier molecular flexibility index (Phi) is 5.03. The van der Waals surface area contributed by atoms with Crippen LogP contribution in [0.1, 0.15) is 39.0 Å². The van der Waals surface area contributed by atoms with Gasteiger partial charge in [0.25, 0.3) is 0 Å². The molecule has 0 bridgehead atoms. The number of likely N-dealkylation sites (N-methyl/N-ethyl adjacent to an activating group) is 1. The van der Waals surface area contributed by atoms with E-state index in [4.69, 9.17) is 0 Å². The average Bonchev–Trinajstić information content (AvgIpc) is 2.29. The van der Waals surface area contributed by atoms with E-state index < -0.39 is 0 Å². The topological polar surface area (TPSA) is 35.5 Å². The molecule has 0 radical (unpaired) electrons. The SMILES string of the molecule is CCCN(C)C1CCCC(CO)(NC)C1. The fraction of sp³-hybridized carbons (Fsp3) is 1.00. The summed E-state index contributed by atoms with van der Waals surface area (Å²) in [6.07, 6.45) is 5.89. The molecule has 0 aromatic rings. The molecule has 1 aliphatic rings. The van der Waals surface area contributed by atoms with E-state index >= 15 is 0 Å². The maximum Gasteiger partial charge on any atom is 0.0613 e. The molecule has 0 saturated heterocycles. The van der Waals surface area contributed by atoms with Crippen LogP contribution >= 0.6 is 0 Å². The lowest BCUT2D eigenvalue weighted by Gasteiger charge is -2.42. The Morgan fingerprint density at radius 2 is 2.27 bits per heavy atom. The Bertz CT molecular complexity index is 180. The van der Waals surface area contributed by atoms with Gasteiger partial charge in [-0.2, -0.15) is 0 Å². The molecular weight excluding hydrogens is 188 g/mol. The Morgan fingerprint density at radius 1 is 1.53 bits per heavy atom. The van der Waals surface area contributed by atoms with Crippen LogP contribution in [0.25, 0.3) is 0 Å². The van der Waals surface area contributed by atoms with Gasteiger partial charge in [-0.3, -0.25) is 0 Å². The highest BCUT2D eigenvalue weighted by atomic mass is 16.3. The summed E-state index contributed by atoms with van der Waals surface area (Å²) in [7, 11) is 4.18. The summed E-state index contributed by atoms with van der Waals surface area (Å²) >= 11 is 0. The third-order valence-electron chi connectivity index (χ3n) is 3.85. The molecular formula is C12H26N2O. The van der Waals surface area contributed by atoms with E-state index in [1.165, 1.54) is 19.3 Å². The molecule has 3 heteroatoms. The lowest BCUT2D eigenvalue weighted by Crippen LogP contribution is -2.54. The second kappa shape index (κ2) is 5.83. The summed E-state index contributed by atoms with van der Waals surface area (Å²) in [5, 5.41) is 12.8. The van der Waals surface area contributed by atoms with Gasteiger partial charge in [0.15, 0.2) is 0 Å². The van der Waals surface area contributed by atoms with Gasteiger partial charge in [0.1, 0.15) is 0 Å². The lowest BCUT2D eigenvalue weighted by atomic mass is 9.79. The van der Waals surface area contributed by atoms with Gasteiger partial charge in [-0.25, -0.2) is 0 Å². The number of rotatable bonds is 5. The summed E-state index contributed by atoms with van der Waals surface area (Å²) in [5.74, 6) is 0. The molecule has 90 valence electrons. The van der Waals surface area contributed by atoms with Crippen molar-refractivity contribution in [2.24, 2.45) is 0 Å².